The summed E-state index contributed by atoms with van der Waals surface area (Å²) >= 11 is 0. The van der Waals surface area contributed by atoms with E-state index < -0.39 is 0 Å². The van der Waals surface area contributed by atoms with E-state index in [2.05, 4.69) is 27.7 Å². The average Bonchev–Trinajstić information content (AvgIpc) is 2.14. The Hall–Kier alpha value is 0. The van der Waals surface area contributed by atoms with Crippen LogP contribution in [0.3, 0.4) is 0 Å². The molecule has 2 atom stereocenters. The van der Waals surface area contributed by atoms with Crippen molar-refractivity contribution in [2.75, 3.05) is 0 Å². The third kappa shape index (κ3) is 7.10. The summed E-state index contributed by atoms with van der Waals surface area (Å²) in [5.74, 6) is 1.95. The number of hydrogen-bond acceptors (Lipinski definition) is 0. The van der Waals surface area contributed by atoms with Gasteiger partial charge in [-0.2, -0.15) is 0 Å². The van der Waals surface area contributed by atoms with Crippen molar-refractivity contribution in [2.24, 2.45) is 11.8 Å². The van der Waals surface area contributed by atoms with E-state index >= 15 is 0 Å². The second-order valence-corrected chi connectivity index (χ2v) is 4.55. The van der Waals surface area contributed by atoms with E-state index in [1.54, 1.807) is 0 Å². The van der Waals surface area contributed by atoms with Gasteiger partial charge >= 0.3 is 0 Å². The van der Waals surface area contributed by atoms with Gasteiger partial charge in [0.1, 0.15) is 0 Å². The highest BCUT2D eigenvalue weighted by atomic mass is 14.2. The third-order valence-electron chi connectivity index (χ3n) is 3.10. The van der Waals surface area contributed by atoms with Crippen molar-refractivity contribution in [3.8, 4) is 0 Å². The van der Waals surface area contributed by atoms with Crippen molar-refractivity contribution in [1.29, 1.82) is 0 Å². The molecule has 0 saturated carbocycles. The normalized spacial score (nSPS) is 15.7. The third-order valence-corrected chi connectivity index (χ3v) is 3.10. The van der Waals surface area contributed by atoms with Crippen LogP contribution in [0.1, 0.15) is 72.6 Å². The zero-order valence-corrected chi connectivity index (χ0v) is 10.1. The van der Waals surface area contributed by atoms with E-state index in [0.717, 1.165) is 11.8 Å². The molecule has 0 aromatic heterocycles. The molecule has 0 heteroatoms. The quantitative estimate of drug-likeness (QED) is 0.496. The van der Waals surface area contributed by atoms with Crippen LogP contribution in [0.5, 0.6) is 0 Å². The van der Waals surface area contributed by atoms with Crippen molar-refractivity contribution in [2.45, 2.75) is 72.6 Å². The monoisotopic (exact) mass is 184 g/mol. The van der Waals surface area contributed by atoms with E-state index in [4.69, 9.17) is 0 Å². The Morgan fingerprint density at radius 1 is 0.923 bits per heavy atom. The maximum absolute atomic E-state index is 2.40. The standard InChI is InChI=1S/C13H28/c1-5-8-10-13(9-6-2)11-12(4)7-3/h12-13H,5-11H2,1-4H3/t12-,13?/m1/s1. The average molecular weight is 184 g/mol. The SMILES string of the molecule is CCCCC(CCC)C[C@H](C)CC. The first-order chi connectivity index (χ1) is 6.24. The fraction of sp³-hybridized carbons (Fsp3) is 1.00. The number of hydrogen-bond donors (Lipinski definition) is 0. The van der Waals surface area contributed by atoms with Crippen molar-refractivity contribution < 1.29 is 0 Å². The zero-order chi connectivity index (χ0) is 10.1. The molecule has 0 aromatic rings. The maximum atomic E-state index is 2.40. The van der Waals surface area contributed by atoms with Gasteiger partial charge in [0.2, 0.25) is 0 Å². The molecule has 0 radical (unpaired) electrons. The first-order valence-corrected chi connectivity index (χ1v) is 6.24. The van der Waals surface area contributed by atoms with Crippen LogP contribution in [-0.4, -0.2) is 0 Å². The van der Waals surface area contributed by atoms with Crippen molar-refractivity contribution >= 4 is 0 Å². The minimum absolute atomic E-state index is 0.938. The second kappa shape index (κ2) is 8.59. The van der Waals surface area contributed by atoms with Crippen LogP contribution in [0.15, 0.2) is 0 Å². The van der Waals surface area contributed by atoms with Crippen LogP contribution in [-0.2, 0) is 0 Å². The highest BCUT2D eigenvalue weighted by molar-refractivity contribution is 4.62. The highest BCUT2D eigenvalue weighted by Crippen LogP contribution is 2.24. The molecular formula is C13H28. The van der Waals surface area contributed by atoms with E-state index in [9.17, 15) is 0 Å². The molecule has 13 heavy (non-hydrogen) atoms. The largest absolute Gasteiger partial charge is 0.0654 e. The molecule has 0 heterocycles. The fourth-order valence-corrected chi connectivity index (χ4v) is 2.02. The molecule has 1 unspecified atom stereocenters. The highest BCUT2D eigenvalue weighted by Gasteiger charge is 2.10. The molecule has 0 nitrogen and oxygen atoms in total. The predicted molar refractivity (Wildman–Crippen MR) is 62.0 cm³/mol. The van der Waals surface area contributed by atoms with Crippen molar-refractivity contribution in [3.05, 3.63) is 0 Å². The summed E-state index contributed by atoms with van der Waals surface area (Å²) in [4.78, 5) is 0. The van der Waals surface area contributed by atoms with Gasteiger partial charge < -0.3 is 0 Å². The van der Waals surface area contributed by atoms with E-state index in [-0.39, 0.29) is 0 Å². The van der Waals surface area contributed by atoms with Gasteiger partial charge in [-0.25, -0.2) is 0 Å². The Kier molecular flexibility index (Phi) is 8.59. The van der Waals surface area contributed by atoms with E-state index in [1.165, 1.54) is 44.9 Å². The summed E-state index contributed by atoms with van der Waals surface area (Å²) in [6.07, 6.45) is 9.89. The lowest BCUT2D eigenvalue weighted by atomic mass is 9.87. The summed E-state index contributed by atoms with van der Waals surface area (Å²) < 4.78 is 0. The van der Waals surface area contributed by atoms with Gasteiger partial charge in [0.25, 0.3) is 0 Å². The minimum Gasteiger partial charge on any atom is -0.0654 e. The molecule has 0 N–H and O–H groups in total. The summed E-state index contributed by atoms with van der Waals surface area (Å²) in [6.45, 7) is 9.32. The molecule has 0 rings (SSSR count). The lowest BCUT2D eigenvalue weighted by Gasteiger charge is -2.19. The van der Waals surface area contributed by atoms with Crippen molar-refractivity contribution in [1.82, 2.24) is 0 Å². The lowest BCUT2D eigenvalue weighted by molar-refractivity contribution is 0.334. The van der Waals surface area contributed by atoms with Gasteiger partial charge in [-0.3, -0.25) is 0 Å². The van der Waals surface area contributed by atoms with Crippen LogP contribution < -0.4 is 0 Å². The van der Waals surface area contributed by atoms with Gasteiger partial charge in [0.05, 0.1) is 0 Å². The van der Waals surface area contributed by atoms with Gasteiger partial charge in [0.15, 0.2) is 0 Å². The zero-order valence-electron chi connectivity index (χ0n) is 10.1. The first kappa shape index (κ1) is 13.0. The molecule has 0 fully saturated rings. The summed E-state index contributed by atoms with van der Waals surface area (Å²) in [7, 11) is 0. The first-order valence-electron chi connectivity index (χ1n) is 6.24. The molecule has 0 aromatic carbocycles. The van der Waals surface area contributed by atoms with Crippen LogP contribution in [0.25, 0.3) is 0 Å². The fourth-order valence-electron chi connectivity index (χ4n) is 2.02. The molecule has 0 aliphatic rings. The Bertz CT molecular complexity index is 96.2. The molecule has 0 spiro atoms. The maximum Gasteiger partial charge on any atom is -0.0412 e. The van der Waals surface area contributed by atoms with E-state index in [0.29, 0.717) is 0 Å². The minimum atomic E-state index is 0.938. The van der Waals surface area contributed by atoms with Crippen LogP contribution in [0.2, 0.25) is 0 Å². The smallest absolute Gasteiger partial charge is 0.0412 e. The molecule has 0 saturated heterocycles. The number of unbranched alkanes of at least 4 members (excludes halogenated alkanes) is 1. The van der Waals surface area contributed by atoms with Crippen LogP contribution in [0, 0.1) is 11.8 Å². The molecule has 0 aliphatic carbocycles. The molecule has 0 aliphatic heterocycles. The Balaban J connectivity index is 3.65. The van der Waals surface area contributed by atoms with Crippen molar-refractivity contribution in [3.63, 3.8) is 0 Å². The van der Waals surface area contributed by atoms with E-state index in [1.807, 2.05) is 0 Å². The molecule has 80 valence electrons. The van der Waals surface area contributed by atoms with Gasteiger partial charge in [0, 0.05) is 0 Å². The molecular weight excluding hydrogens is 156 g/mol. The van der Waals surface area contributed by atoms with Gasteiger partial charge in [-0.15, -0.1) is 0 Å². The summed E-state index contributed by atoms with van der Waals surface area (Å²) in [6, 6.07) is 0. The van der Waals surface area contributed by atoms with Gasteiger partial charge in [-0.1, -0.05) is 66.2 Å². The van der Waals surface area contributed by atoms with Gasteiger partial charge in [-0.05, 0) is 18.3 Å². The van der Waals surface area contributed by atoms with Crippen LogP contribution >= 0.6 is 0 Å². The predicted octanol–water partition coefficient (Wildman–Crippen LogP) is 5.03. The Morgan fingerprint density at radius 3 is 2.08 bits per heavy atom. The van der Waals surface area contributed by atoms with Crippen LogP contribution in [0.4, 0.5) is 0 Å². The molecule has 0 amide bonds. The second-order valence-electron chi connectivity index (χ2n) is 4.55. The summed E-state index contributed by atoms with van der Waals surface area (Å²) in [5, 5.41) is 0. The number of rotatable bonds is 8. The lowest BCUT2D eigenvalue weighted by Crippen LogP contribution is -2.06. The molecule has 0 bridgehead atoms. The topological polar surface area (TPSA) is 0 Å². The Labute approximate surface area is 85.1 Å². The Morgan fingerprint density at radius 2 is 1.62 bits per heavy atom. The summed E-state index contributed by atoms with van der Waals surface area (Å²) in [5.41, 5.74) is 0.